The first-order chi connectivity index (χ1) is 10.8. The highest BCUT2D eigenvalue weighted by Crippen LogP contribution is 2.26. The van der Waals surface area contributed by atoms with Crippen molar-refractivity contribution in [1.29, 1.82) is 0 Å². The number of amides is 1. The Morgan fingerprint density at radius 1 is 0.909 bits per heavy atom. The molecule has 3 aliphatic rings. The van der Waals surface area contributed by atoms with Gasteiger partial charge in [-0.2, -0.15) is 0 Å². The van der Waals surface area contributed by atoms with E-state index in [4.69, 9.17) is 0 Å². The highest BCUT2D eigenvalue weighted by atomic mass is 16.1. The molecule has 0 aliphatic heterocycles. The van der Waals surface area contributed by atoms with Crippen molar-refractivity contribution in [2.24, 2.45) is 0 Å². The Hall–Kier alpha value is -1.35. The summed E-state index contributed by atoms with van der Waals surface area (Å²) in [7, 11) is 0. The van der Waals surface area contributed by atoms with Crippen LogP contribution in [0.25, 0.3) is 0 Å². The zero-order valence-corrected chi connectivity index (χ0v) is 13.2. The summed E-state index contributed by atoms with van der Waals surface area (Å²) in [5, 5.41) is 7.00. The van der Waals surface area contributed by atoms with Crippen molar-refractivity contribution in [3.63, 3.8) is 0 Å². The number of carbonyl (C=O) groups excluding carboxylic acids is 1. The molecule has 3 nitrogen and oxygen atoms in total. The van der Waals surface area contributed by atoms with E-state index in [-0.39, 0.29) is 5.91 Å². The van der Waals surface area contributed by atoms with Crippen LogP contribution >= 0.6 is 0 Å². The smallest absolute Gasteiger partial charge is 0.251 e. The fraction of sp³-hybridized carbons (Fsp3) is 0.632. The lowest BCUT2D eigenvalue weighted by atomic mass is 9.85. The summed E-state index contributed by atoms with van der Waals surface area (Å²) in [5.74, 6) is 0.109. The maximum Gasteiger partial charge on any atom is 0.251 e. The fourth-order valence-electron chi connectivity index (χ4n) is 4.23. The number of hydrogen-bond acceptors (Lipinski definition) is 2. The van der Waals surface area contributed by atoms with Crippen LogP contribution in [0.1, 0.15) is 66.4 Å². The quantitative estimate of drug-likeness (QED) is 0.897. The molecule has 2 N–H and O–H groups in total. The van der Waals surface area contributed by atoms with Crippen molar-refractivity contribution < 1.29 is 4.79 Å². The summed E-state index contributed by atoms with van der Waals surface area (Å²) >= 11 is 0. The number of benzene rings is 1. The van der Waals surface area contributed by atoms with Crippen LogP contribution in [0.2, 0.25) is 0 Å². The van der Waals surface area contributed by atoms with Crippen molar-refractivity contribution in [1.82, 2.24) is 10.6 Å². The molecule has 1 aromatic carbocycles. The predicted molar refractivity (Wildman–Crippen MR) is 88.1 cm³/mol. The van der Waals surface area contributed by atoms with Gasteiger partial charge in [0.25, 0.3) is 5.91 Å². The van der Waals surface area contributed by atoms with E-state index >= 15 is 0 Å². The Morgan fingerprint density at radius 2 is 1.68 bits per heavy atom. The van der Waals surface area contributed by atoms with Crippen LogP contribution in [-0.4, -0.2) is 24.0 Å². The zero-order chi connectivity index (χ0) is 14.9. The average Bonchev–Trinajstić information content (AvgIpc) is 3.19. The maximum atomic E-state index is 12.5. The van der Waals surface area contributed by atoms with Gasteiger partial charge in [0, 0.05) is 23.7 Å². The van der Waals surface area contributed by atoms with Crippen molar-refractivity contribution in [2.45, 2.75) is 75.9 Å². The van der Waals surface area contributed by atoms with Gasteiger partial charge in [0.15, 0.2) is 0 Å². The Labute approximate surface area is 132 Å². The molecule has 0 spiro atoms. The van der Waals surface area contributed by atoms with Gasteiger partial charge < -0.3 is 10.6 Å². The molecule has 0 aromatic heterocycles. The van der Waals surface area contributed by atoms with Gasteiger partial charge in [-0.05, 0) is 68.2 Å². The molecule has 1 aromatic rings. The summed E-state index contributed by atoms with van der Waals surface area (Å²) in [6.07, 6.45) is 11.2. The molecule has 0 unspecified atom stereocenters. The van der Waals surface area contributed by atoms with E-state index in [2.05, 4.69) is 22.8 Å². The van der Waals surface area contributed by atoms with Crippen LogP contribution in [0.3, 0.4) is 0 Å². The number of carbonyl (C=O) groups is 1. The van der Waals surface area contributed by atoms with Crippen molar-refractivity contribution in [3.05, 3.63) is 34.9 Å². The second-order valence-corrected chi connectivity index (χ2v) is 7.25. The van der Waals surface area contributed by atoms with E-state index in [9.17, 15) is 4.79 Å². The highest BCUT2D eigenvalue weighted by molar-refractivity contribution is 5.94. The number of fused-ring (bicyclic) bond motifs is 1. The second kappa shape index (κ2) is 6.04. The van der Waals surface area contributed by atoms with E-state index < -0.39 is 0 Å². The van der Waals surface area contributed by atoms with Crippen LogP contribution in [0.4, 0.5) is 0 Å². The third kappa shape index (κ3) is 2.79. The first-order valence-corrected chi connectivity index (χ1v) is 8.98. The maximum absolute atomic E-state index is 12.5. The predicted octanol–water partition coefficient (Wildman–Crippen LogP) is 2.97. The molecule has 0 heterocycles. The van der Waals surface area contributed by atoms with E-state index in [0.29, 0.717) is 18.1 Å². The van der Waals surface area contributed by atoms with Crippen molar-refractivity contribution in [3.8, 4) is 0 Å². The summed E-state index contributed by atoms with van der Waals surface area (Å²) in [6, 6.07) is 7.74. The molecule has 1 amide bonds. The number of aryl methyl sites for hydroxylation is 2. The van der Waals surface area contributed by atoms with Gasteiger partial charge in [-0.1, -0.05) is 18.9 Å². The van der Waals surface area contributed by atoms with Gasteiger partial charge in [-0.25, -0.2) is 0 Å². The van der Waals surface area contributed by atoms with Gasteiger partial charge in [0.1, 0.15) is 0 Å². The van der Waals surface area contributed by atoms with E-state index in [1.165, 1.54) is 56.1 Å². The van der Waals surface area contributed by atoms with Crippen LogP contribution in [-0.2, 0) is 12.8 Å². The van der Waals surface area contributed by atoms with Crippen LogP contribution in [0, 0.1) is 0 Å². The van der Waals surface area contributed by atoms with E-state index in [0.717, 1.165) is 18.4 Å². The molecule has 2 saturated carbocycles. The normalized spacial score (nSPS) is 27.5. The Balaban J connectivity index is 1.35. The minimum absolute atomic E-state index is 0.109. The molecule has 4 rings (SSSR count). The summed E-state index contributed by atoms with van der Waals surface area (Å²) in [6.45, 7) is 0. The average molecular weight is 298 g/mol. The Morgan fingerprint density at radius 3 is 2.45 bits per heavy atom. The van der Waals surface area contributed by atoms with Crippen LogP contribution in [0.15, 0.2) is 18.2 Å². The van der Waals surface area contributed by atoms with Crippen molar-refractivity contribution in [2.75, 3.05) is 0 Å². The summed E-state index contributed by atoms with van der Waals surface area (Å²) in [5.41, 5.74) is 3.65. The topological polar surface area (TPSA) is 41.1 Å². The minimum atomic E-state index is 0.109. The zero-order valence-electron chi connectivity index (χ0n) is 13.2. The van der Waals surface area contributed by atoms with Crippen LogP contribution < -0.4 is 10.6 Å². The molecule has 22 heavy (non-hydrogen) atoms. The largest absolute Gasteiger partial charge is 0.348 e. The first-order valence-electron chi connectivity index (χ1n) is 8.98. The molecule has 3 heteroatoms. The molecule has 0 saturated heterocycles. The lowest BCUT2D eigenvalue weighted by molar-refractivity contribution is 0.0889. The molecular formula is C19H26N2O. The molecule has 3 aliphatic carbocycles. The van der Waals surface area contributed by atoms with E-state index in [1.54, 1.807) is 0 Å². The molecule has 0 bridgehead atoms. The fourth-order valence-corrected chi connectivity index (χ4v) is 4.23. The van der Waals surface area contributed by atoms with Crippen molar-refractivity contribution >= 4 is 5.91 Å². The van der Waals surface area contributed by atoms with E-state index in [1.807, 2.05) is 6.07 Å². The minimum Gasteiger partial charge on any atom is -0.348 e. The number of nitrogens with one attached hydrogen (secondary N) is 2. The number of rotatable bonds is 4. The van der Waals surface area contributed by atoms with Gasteiger partial charge >= 0.3 is 0 Å². The Bertz CT molecular complexity index is 563. The number of hydrogen-bond donors (Lipinski definition) is 2. The third-order valence-electron chi connectivity index (χ3n) is 5.76. The summed E-state index contributed by atoms with van der Waals surface area (Å²) in [4.78, 5) is 12.5. The molecule has 118 valence electrons. The Kier molecular flexibility index (Phi) is 3.91. The SMILES string of the molecule is O=C(N[C@@H]1CC[C@@H]1NC1CCCC1)c1ccc2c(c1)CCC2. The second-order valence-electron chi connectivity index (χ2n) is 7.25. The lowest BCUT2D eigenvalue weighted by Gasteiger charge is -2.39. The monoisotopic (exact) mass is 298 g/mol. The lowest BCUT2D eigenvalue weighted by Crippen LogP contribution is -2.58. The third-order valence-corrected chi connectivity index (χ3v) is 5.76. The highest BCUT2D eigenvalue weighted by Gasteiger charge is 2.34. The molecule has 0 radical (unpaired) electrons. The van der Waals surface area contributed by atoms with Gasteiger partial charge in [-0.3, -0.25) is 4.79 Å². The molecule has 2 fully saturated rings. The molecular weight excluding hydrogens is 272 g/mol. The molecule has 2 atom stereocenters. The van der Waals surface area contributed by atoms with Gasteiger partial charge in [-0.15, -0.1) is 0 Å². The van der Waals surface area contributed by atoms with Gasteiger partial charge in [0.2, 0.25) is 0 Å². The first kappa shape index (κ1) is 14.3. The van der Waals surface area contributed by atoms with Gasteiger partial charge in [0.05, 0.1) is 0 Å². The summed E-state index contributed by atoms with van der Waals surface area (Å²) < 4.78 is 0. The van der Waals surface area contributed by atoms with Crippen LogP contribution in [0.5, 0.6) is 0 Å². The standard InChI is InChI=1S/C19H26N2O/c22-19(15-9-8-13-4-3-5-14(13)12-15)21-18-11-10-17(18)20-16-6-1-2-7-16/h8-9,12,16-18,20H,1-7,10-11H2,(H,21,22)/t17-,18+/m0/s1.